The van der Waals surface area contributed by atoms with Crippen LogP contribution in [0.4, 0.5) is 13.2 Å². The second-order valence-electron chi connectivity index (χ2n) is 8.64. The molecule has 1 aromatic heterocycles. The number of hydrogen-bond donors (Lipinski definition) is 0. The minimum Gasteiger partial charge on any atom is -0.457 e. The molecular formula is C29H23F3N2O. The molecule has 0 atom stereocenters. The Hall–Kier alpha value is -4.06. The molecule has 0 aliphatic rings. The minimum atomic E-state index is -4.50. The molecule has 5 rings (SSSR count). The number of aromatic nitrogens is 2. The lowest BCUT2D eigenvalue weighted by Crippen LogP contribution is -2.06. The van der Waals surface area contributed by atoms with Crippen LogP contribution in [0.15, 0.2) is 91.0 Å². The maximum Gasteiger partial charge on any atom is 0.418 e. The van der Waals surface area contributed by atoms with E-state index in [0.717, 1.165) is 28.3 Å². The van der Waals surface area contributed by atoms with Gasteiger partial charge in [0.1, 0.15) is 17.0 Å². The van der Waals surface area contributed by atoms with Crippen molar-refractivity contribution in [3.63, 3.8) is 0 Å². The van der Waals surface area contributed by atoms with Crippen molar-refractivity contribution < 1.29 is 17.9 Å². The fraction of sp³-hybridized carbons (Fsp3) is 0.138. The summed E-state index contributed by atoms with van der Waals surface area (Å²) in [7, 11) is 0. The van der Waals surface area contributed by atoms with E-state index in [0.29, 0.717) is 29.1 Å². The summed E-state index contributed by atoms with van der Waals surface area (Å²) in [5, 5.41) is 4.89. The van der Waals surface area contributed by atoms with Crippen molar-refractivity contribution in [1.29, 1.82) is 0 Å². The summed E-state index contributed by atoms with van der Waals surface area (Å²) >= 11 is 0. The van der Waals surface area contributed by atoms with Crippen molar-refractivity contribution in [2.75, 3.05) is 0 Å². The van der Waals surface area contributed by atoms with E-state index in [1.807, 2.05) is 80.6 Å². The molecule has 1 heterocycles. The van der Waals surface area contributed by atoms with Gasteiger partial charge in [-0.1, -0.05) is 60.7 Å². The molecule has 176 valence electrons. The maximum atomic E-state index is 13.8. The zero-order valence-electron chi connectivity index (χ0n) is 19.3. The molecule has 0 saturated carbocycles. The zero-order chi connectivity index (χ0) is 24.6. The van der Waals surface area contributed by atoms with Gasteiger partial charge in [-0.2, -0.15) is 18.3 Å². The average Bonchev–Trinajstić information content (AvgIpc) is 3.16. The molecule has 0 bridgehead atoms. The molecular weight excluding hydrogens is 449 g/mol. The van der Waals surface area contributed by atoms with Gasteiger partial charge in [0.15, 0.2) is 0 Å². The van der Waals surface area contributed by atoms with Gasteiger partial charge in [0.05, 0.1) is 17.8 Å². The molecule has 0 spiro atoms. The number of hydrogen-bond acceptors (Lipinski definition) is 2. The maximum absolute atomic E-state index is 13.8. The van der Waals surface area contributed by atoms with E-state index in [1.165, 1.54) is 6.07 Å². The van der Waals surface area contributed by atoms with Crippen LogP contribution in [0.3, 0.4) is 0 Å². The Labute approximate surface area is 201 Å². The van der Waals surface area contributed by atoms with Gasteiger partial charge in [-0.15, -0.1) is 0 Å². The molecule has 3 nitrogen and oxygen atoms in total. The fourth-order valence-corrected chi connectivity index (χ4v) is 4.39. The van der Waals surface area contributed by atoms with E-state index in [4.69, 9.17) is 4.74 Å². The smallest absolute Gasteiger partial charge is 0.418 e. The molecule has 4 aromatic carbocycles. The standard InChI is InChI=1S/C29H23F3N2O/c1-19-14-20(2)16-24(15-19)35-23-11-6-10-22(17-23)28-25-12-7-13-26(29(30,31)32)27(25)33-34(28)18-21-8-4-3-5-9-21/h3-17H,18H2,1-2H3. The van der Waals surface area contributed by atoms with E-state index in [1.54, 1.807) is 10.7 Å². The summed E-state index contributed by atoms with van der Waals surface area (Å²) in [6.07, 6.45) is -4.50. The monoisotopic (exact) mass is 472 g/mol. The van der Waals surface area contributed by atoms with Crippen molar-refractivity contribution in [3.8, 4) is 22.8 Å². The quantitative estimate of drug-likeness (QED) is 0.258. The molecule has 0 aliphatic carbocycles. The number of aryl methyl sites for hydroxylation is 2. The zero-order valence-corrected chi connectivity index (χ0v) is 19.3. The van der Waals surface area contributed by atoms with Gasteiger partial charge < -0.3 is 4.74 Å². The third-order valence-corrected chi connectivity index (χ3v) is 5.79. The van der Waals surface area contributed by atoms with Gasteiger partial charge in [0, 0.05) is 10.9 Å². The first kappa shape index (κ1) is 22.7. The number of nitrogens with zero attached hydrogens (tertiary/aromatic N) is 2. The average molecular weight is 473 g/mol. The van der Waals surface area contributed by atoms with E-state index >= 15 is 0 Å². The van der Waals surface area contributed by atoms with Gasteiger partial charge in [0.25, 0.3) is 0 Å². The first-order valence-corrected chi connectivity index (χ1v) is 11.3. The summed E-state index contributed by atoms with van der Waals surface area (Å²) in [6, 6.07) is 27.1. The highest BCUT2D eigenvalue weighted by Crippen LogP contribution is 2.39. The molecule has 0 radical (unpaired) electrons. The van der Waals surface area contributed by atoms with Gasteiger partial charge in [-0.05, 0) is 60.9 Å². The van der Waals surface area contributed by atoms with Gasteiger partial charge in [-0.3, -0.25) is 4.68 Å². The molecule has 0 saturated heterocycles. The molecule has 0 N–H and O–H groups in total. The van der Waals surface area contributed by atoms with Crippen LogP contribution in [0.25, 0.3) is 22.2 Å². The van der Waals surface area contributed by atoms with Crippen LogP contribution in [0.1, 0.15) is 22.3 Å². The predicted octanol–water partition coefficient (Wildman–Crippen LogP) is 8.18. The second kappa shape index (κ2) is 8.95. The van der Waals surface area contributed by atoms with Crippen LogP contribution in [0.5, 0.6) is 11.5 Å². The normalized spacial score (nSPS) is 11.7. The van der Waals surface area contributed by atoms with Crippen molar-refractivity contribution >= 4 is 10.9 Å². The number of benzene rings is 4. The highest BCUT2D eigenvalue weighted by atomic mass is 19.4. The van der Waals surface area contributed by atoms with Crippen molar-refractivity contribution in [3.05, 3.63) is 113 Å². The number of ether oxygens (including phenoxy) is 1. The number of halogens is 3. The van der Waals surface area contributed by atoms with E-state index < -0.39 is 11.7 Å². The molecule has 0 fully saturated rings. The lowest BCUT2D eigenvalue weighted by atomic mass is 10.0. The fourth-order valence-electron chi connectivity index (χ4n) is 4.39. The first-order valence-electron chi connectivity index (χ1n) is 11.3. The van der Waals surface area contributed by atoms with Crippen LogP contribution < -0.4 is 4.74 Å². The number of fused-ring (bicyclic) bond motifs is 1. The Balaban J connectivity index is 1.64. The molecule has 0 amide bonds. The topological polar surface area (TPSA) is 27.1 Å². The Morgan fingerprint density at radius 3 is 2.20 bits per heavy atom. The third-order valence-electron chi connectivity index (χ3n) is 5.79. The highest BCUT2D eigenvalue weighted by molar-refractivity contribution is 5.95. The lowest BCUT2D eigenvalue weighted by molar-refractivity contribution is -0.136. The van der Waals surface area contributed by atoms with Crippen LogP contribution >= 0.6 is 0 Å². The predicted molar refractivity (Wildman–Crippen MR) is 132 cm³/mol. The lowest BCUT2D eigenvalue weighted by Gasteiger charge is -2.12. The van der Waals surface area contributed by atoms with Gasteiger partial charge >= 0.3 is 6.18 Å². The summed E-state index contributed by atoms with van der Waals surface area (Å²) in [5.74, 6) is 1.31. The molecule has 6 heteroatoms. The van der Waals surface area contributed by atoms with Crippen LogP contribution in [0, 0.1) is 13.8 Å². The number of rotatable bonds is 5. The Morgan fingerprint density at radius 1 is 0.771 bits per heavy atom. The van der Waals surface area contributed by atoms with Gasteiger partial charge in [-0.25, -0.2) is 0 Å². The van der Waals surface area contributed by atoms with E-state index in [-0.39, 0.29) is 5.52 Å². The van der Waals surface area contributed by atoms with E-state index in [9.17, 15) is 13.2 Å². The minimum absolute atomic E-state index is 0.0634. The first-order chi connectivity index (χ1) is 16.8. The third kappa shape index (κ3) is 4.78. The summed E-state index contributed by atoms with van der Waals surface area (Å²) < 4.78 is 49.1. The Kier molecular flexibility index (Phi) is 5.81. The van der Waals surface area contributed by atoms with Crippen LogP contribution in [-0.4, -0.2) is 9.78 Å². The molecule has 0 unspecified atom stereocenters. The molecule has 35 heavy (non-hydrogen) atoms. The van der Waals surface area contributed by atoms with Crippen LogP contribution in [0.2, 0.25) is 0 Å². The summed E-state index contributed by atoms with van der Waals surface area (Å²) in [4.78, 5) is 0. The largest absolute Gasteiger partial charge is 0.457 e. The summed E-state index contributed by atoms with van der Waals surface area (Å²) in [6.45, 7) is 4.34. The highest BCUT2D eigenvalue weighted by Gasteiger charge is 2.34. The van der Waals surface area contributed by atoms with Crippen molar-refractivity contribution in [2.45, 2.75) is 26.6 Å². The Bertz CT molecular complexity index is 1480. The number of alkyl halides is 3. The van der Waals surface area contributed by atoms with Crippen molar-refractivity contribution in [1.82, 2.24) is 9.78 Å². The second-order valence-corrected chi connectivity index (χ2v) is 8.64. The summed E-state index contributed by atoms with van der Waals surface area (Å²) in [5.41, 5.74) is 3.64. The SMILES string of the molecule is Cc1cc(C)cc(Oc2cccc(-c3c4cccc(C(F)(F)F)c4nn3Cc3ccccc3)c2)c1. The molecule has 5 aromatic rings. The van der Waals surface area contributed by atoms with Crippen molar-refractivity contribution in [2.24, 2.45) is 0 Å². The van der Waals surface area contributed by atoms with E-state index in [2.05, 4.69) is 11.2 Å². The Morgan fingerprint density at radius 2 is 1.49 bits per heavy atom. The van der Waals surface area contributed by atoms with Crippen LogP contribution in [-0.2, 0) is 12.7 Å². The van der Waals surface area contributed by atoms with Gasteiger partial charge in [0.2, 0.25) is 0 Å². The molecule has 0 aliphatic heterocycles.